The van der Waals surface area contributed by atoms with Gasteiger partial charge in [-0.25, -0.2) is 0 Å². The molecule has 0 radical (unpaired) electrons. The van der Waals surface area contributed by atoms with Crippen LogP contribution < -0.4 is 16.0 Å². The molecule has 0 aromatic heterocycles. The third kappa shape index (κ3) is 6.00. The van der Waals surface area contributed by atoms with Crippen molar-refractivity contribution >= 4 is 5.91 Å². The van der Waals surface area contributed by atoms with Gasteiger partial charge in [0.05, 0.1) is 12.6 Å². The van der Waals surface area contributed by atoms with Gasteiger partial charge in [-0.05, 0) is 39.3 Å². The number of amides is 1. The molecule has 1 aliphatic rings. The monoisotopic (exact) mass is 243 g/mol. The van der Waals surface area contributed by atoms with Crippen molar-refractivity contribution in [3.05, 3.63) is 0 Å². The fourth-order valence-electron chi connectivity index (χ4n) is 2.04. The zero-order chi connectivity index (χ0) is 12.5. The summed E-state index contributed by atoms with van der Waals surface area (Å²) in [6, 6.07) is 0.322. The predicted molar refractivity (Wildman–Crippen MR) is 68.0 cm³/mol. The Balaban J connectivity index is 2.21. The van der Waals surface area contributed by atoms with E-state index in [1.54, 1.807) is 7.11 Å². The zero-order valence-electron chi connectivity index (χ0n) is 10.9. The molecule has 2 atom stereocenters. The Morgan fingerprint density at radius 1 is 1.47 bits per heavy atom. The third-order valence-corrected chi connectivity index (χ3v) is 3.06. The van der Waals surface area contributed by atoms with Gasteiger partial charge in [0.2, 0.25) is 5.91 Å². The predicted octanol–water partition coefficient (Wildman–Crippen LogP) is -0.131. The van der Waals surface area contributed by atoms with Gasteiger partial charge in [0.1, 0.15) is 0 Å². The molecule has 1 rings (SSSR count). The molecule has 1 aliphatic heterocycles. The second-order valence-electron chi connectivity index (χ2n) is 4.55. The van der Waals surface area contributed by atoms with E-state index in [1.807, 2.05) is 6.92 Å². The minimum atomic E-state index is -0.130. The lowest BCUT2D eigenvalue weighted by atomic mass is 10.1. The van der Waals surface area contributed by atoms with Crippen LogP contribution in [-0.4, -0.2) is 51.3 Å². The topological polar surface area (TPSA) is 62.4 Å². The molecule has 1 saturated heterocycles. The SMILES string of the molecule is COCCNC(=O)C(C)NC1CCCNCC1. The summed E-state index contributed by atoms with van der Waals surface area (Å²) < 4.78 is 4.90. The first-order valence-corrected chi connectivity index (χ1v) is 6.47. The lowest BCUT2D eigenvalue weighted by molar-refractivity contribution is -0.123. The van der Waals surface area contributed by atoms with Crippen molar-refractivity contribution in [1.82, 2.24) is 16.0 Å². The first-order valence-electron chi connectivity index (χ1n) is 6.47. The highest BCUT2D eigenvalue weighted by Gasteiger charge is 2.18. The van der Waals surface area contributed by atoms with Crippen molar-refractivity contribution in [3.63, 3.8) is 0 Å². The normalized spacial score (nSPS) is 22.8. The van der Waals surface area contributed by atoms with Gasteiger partial charge in [-0.2, -0.15) is 0 Å². The second-order valence-corrected chi connectivity index (χ2v) is 4.55. The molecule has 17 heavy (non-hydrogen) atoms. The number of nitrogens with one attached hydrogen (secondary N) is 3. The highest BCUT2D eigenvalue weighted by molar-refractivity contribution is 5.81. The quantitative estimate of drug-likeness (QED) is 0.569. The average Bonchev–Trinajstić information content (AvgIpc) is 2.57. The maximum Gasteiger partial charge on any atom is 0.236 e. The van der Waals surface area contributed by atoms with Crippen LogP contribution in [0.5, 0.6) is 0 Å². The van der Waals surface area contributed by atoms with Gasteiger partial charge in [0, 0.05) is 19.7 Å². The molecule has 0 aromatic rings. The molecular weight excluding hydrogens is 218 g/mol. The summed E-state index contributed by atoms with van der Waals surface area (Å²) in [6.45, 7) is 5.18. The summed E-state index contributed by atoms with van der Waals surface area (Å²) in [5, 5.41) is 9.60. The van der Waals surface area contributed by atoms with Crippen LogP contribution in [0.15, 0.2) is 0 Å². The molecule has 0 saturated carbocycles. The highest BCUT2D eigenvalue weighted by Crippen LogP contribution is 2.05. The van der Waals surface area contributed by atoms with E-state index in [0.29, 0.717) is 19.2 Å². The van der Waals surface area contributed by atoms with Gasteiger partial charge >= 0.3 is 0 Å². The Bertz CT molecular complexity index is 216. The van der Waals surface area contributed by atoms with Crippen LogP contribution in [-0.2, 0) is 9.53 Å². The first-order chi connectivity index (χ1) is 8.24. The zero-order valence-corrected chi connectivity index (χ0v) is 10.9. The number of hydrogen-bond acceptors (Lipinski definition) is 4. The summed E-state index contributed by atoms with van der Waals surface area (Å²) >= 11 is 0. The lowest BCUT2D eigenvalue weighted by Crippen LogP contribution is -2.47. The number of rotatable bonds is 6. The number of methoxy groups -OCH3 is 1. The van der Waals surface area contributed by atoms with Gasteiger partial charge < -0.3 is 20.7 Å². The van der Waals surface area contributed by atoms with E-state index in [4.69, 9.17) is 4.74 Å². The number of ether oxygens (including phenoxy) is 1. The number of hydrogen-bond donors (Lipinski definition) is 3. The summed E-state index contributed by atoms with van der Waals surface area (Å²) in [5.74, 6) is 0.0549. The maximum absolute atomic E-state index is 11.7. The van der Waals surface area contributed by atoms with Crippen LogP contribution >= 0.6 is 0 Å². The minimum Gasteiger partial charge on any atom is -0.383 e. The van der Waals surface area contributed by atoms with Crippen LogP contribution in [0.25, 0.3) is 0 Å². The molecule has 2 unspecified atom stereocenters. The largest absolute Gasteiger partial charge is 0.383 e. The Morgan fingerprint density at radius 2 is 2.29 bits per heavy atom. The van der Waals surface area contributed by atoms with Gasteiger partial charge in [-0.1, -0.05) is 0 Å². The fraction of sp³-hybridized carbons (Fsp3) is 0.917. The summed E-state index contributed by atoms with van der Waals surface area (Å²) in [4.78, 5) is 11.7. The van der Waals surface area contributed by atoms with Crippen LogP contribution in [0, 0.1) is 0 Å². The number of carbonyl (C=O) groups is 1. The third-order valence-electron chi connectivity index (χ3n) is 3.06. The average molecular weight is 243 g/mol. The summed E-state index contributed by atoms with van der Waals surface area (Å²) in [7, 11) is 1.63. The van der Waals surface area contributed by atoms with E-state index in [0.717, 1.165) is 25.9 Å². The molecule has 5 heteroatoms. The molecule has 3 N–H and O–H groups in total. The second kappa shape index (κ2) is 8.44. The Morgan fingerprint density at radius 3 is 3.06 bits per heavy atom. The van der Waals surface area contributed by atoms with Crippen LogP contribution in [0.2, 0.25) is 0 Å². The molecular formula is C12H25N3O2. The van der Waals surface area contributed by atoms with Gasteiger partial charge in [0.15, 0.2) is 0 Å². The van der Waals surface area contributed by atoms with E-state index in [-0.39, 0.29) is 11.9 Å². The van der Waals surface area contributed by atoms with Crippen molar-refractivity contribution < 1.29 is 9.53 Å². The van der Waals surface area contributed by atoms with Crippen LogP contribution in [0.3, 0.4) is 0 Å². The minimum absolute atomic E-state index is 0.0549. The van der Waals surface area contributed by atoms with Gasteiger partial charge in [-0.15, -0.1) is 0 Å². The van der Waals surface area contributed by atoms with Crippen molar-refractivity contribution in [2.75, 3.05) is 33.4 Å². The van der Waals surface area contributed by atoms with Crippen molar-refractivity contribution in [3.8, 4) is 0 Å². The number of carbonyl (C=O) groups excluding carboxylic acids is 1. The van der Waals surface area contributed by atoms with E-state index in [2.05, 4.69) is 16.0 Å². The fourth-order valence-corrected chi connectivity index (χ4v) is 2.04. The summed E-state index contributed by atoms with van der Waals surface area (Å²) in [6.07, 6.45) is 3.41. The molecule has 0 bridgehead atoms. The molecule has 0 aromatic carbocycles. The molecule has 1 amide bonds. The summed E-state index contributed by atoms with van der Waals surface area (Å²) in [5.41, 5.74) is 0. The standard InChI is InChI=1S/C12H25N3O2/c1-10(12(16)14-8-9-17-2)15-11-4-3-6-13-7-5-11/h10-11,13,15H,3-9H2,1-2H3,(H,14,16). The van der Waals surface area contributed by atoms with Crippen molar-refractivity contribution in [2.24, 2.45) is 0 Å². The molecule has 1 fully saturated rings. The van der Waals surface area contributed by atoms with Gasteiger partial charge in [0.25, 0.3) is 0 Å². The van der Waals surface area contributed by atoms with E-state index in [1.165, 1.54) is 6.42 Å². The van der Waals surface area contributed by atoms with E-state index in [9.17, 15) is 4.79 Å². The Kier molecular flexibility index (Phi) is 7.16. The van der Waals surface area contributed by atoms with Crippen LogP contribution in [0.1, 0.15) is 26.2 Å². The maximum atomic E-state index is 11.7. The van der Waals surface area contributed by atoms with E-state index >= 15 is 0 Å². The molecule has 0 aliphatic carbocycles. The van der Waals surface area contributed by atoms with Crippen LogP contribution in [0.4, 0.5) is 0 Å². The molecule has 1 heterocycles. The first kappa shape index (κ1) is 14.4. The smallest absolute Gasteiger partial charge is 0.236 e. The molecule has 5 nitrogen and oxygen atoms in total. The van der Waals surface area contributed by atoms with E-state index < -0.39 is 0 Å². The highest BCUT2D eigenvalue weighted by atomic mass is 16.5. The Labute approximate surface area is 104 Å². The Hall–Kier alpha value is -0.650. The van der Waals surface area contributed by atoms with Crippen molar-refractivity contribution in [2.45, 2.75) is 38.3 Å². The lowest BCUT2D eigenvalue weighted by Gasteiger charge is -2.21. The molecule has 0 spiro atoms. The van der Waals surface area contributed by atoms with Crippen molar-refractivity contribution in [1.29, 1.82) is 0 Å². The molecule has 100 valence electrons. The van der Waals surface area contributed by atoms with Gasteiger partial charge in [-0.3, -0.25) is 4.79 Å².